The highest BCUT2D eigenvalue weighted by atomic mass is 79.9. The molecule has 0 aromatic heterocycles. The van der Waals surface area contributed by atoms with Crippen molar-refractivity contribution in [2.45, 2.75) is 25.2 Å². The van der Waals surface area contributed by atoms with Crippen LogP contribution in [0, 0.1) is 5.82 Å². The second-order valence-corrected chi connectivity index (χ2v) is 5.65. The first-order valence-electron chi connectivity index (χ1n) is 6.23. The van der Waals surface area contributed by atoms with Gasteiger partial charge in [0.15, 0.2) is 0 Å². The number of halogens is 3. The number of hydrogen-bond acceptors (Lipinski definition) is 2. The molecule has 0 radical (unpaired) electrons. The Morgan fingerprint density at radius 3 is 2.86 bits per heavy atom. The van der Waals surface area contributed by atoms with Gasteiger partial charge in [0, 0.05) is 23.0 Å². The number of rotatable bonds is 3. The van der Waals surface area contributed by atoms with Crippen LogP contribution >= 0.6 is 15.9 Å². The number of carboxylic acid groups (broad SMARTS) is 1. The molecule has 1 aromatic rings. The molecule has 1 aliphatic rings. The smallest absolute Gasteiger partial charge is 0.408 e. The van der Waals surface area contributed by atoms with Crippen LogP contribution in [0.1, 0.15) is 12.0 Å². The fourth-order valence-corrected chi connectivity index (χ4v) is 2.63. The van der Waals surface area contributed by atoms with E-state index < -0.39 is 30.0 Å². The third-order valence-corrected chi connectivity index (χ3v) is 3.75. The molecule has 1 fully saturated rings. The van der Waals surface area contributed by atoms with Gasteiger partial charge in [-0.2, -0.15) is 0 Å². The fourth-order valence-electron chi connectivity index (χ4n) is 2.22. The van der Waals surface area contributed by atoms with E-state index in [9.17, 15) is 18.4 Å². The van der Waals surface area contributed by atoms with Crippen molar-refractivity contribution in [2.24, 2.45) is 0 Å². The Bertz CT molecular complexity index is 570. The largest absolute Gasteiger partial charge is 0.465 e. The van der Waals surface area contributed by atoms with E-state index in [2.05, 4.69) is 21.2 Å². The van der Waals surface area contributed by atoms with Crippen LogP contribution in [0.25, 0.3) is 0 Å². The van der Waals surface area contributed by atoms with E-state index in [-0.39, 0.29) is 25.1 Å². The first kappa shape index (κ1) is 15.7. The number of carbonyl (C=O) groups excluding carboxylic acids is 1. The number of nitrogens with zero attached hydrogens (tertiary/aromatic N) is 1. The number of carbonyl (C=O) groups is 2. The van der Waals surface area contributed by atoms with Crippen molar-refractivity contribution in [3.63, 3.8) is 0 Å². The summed E-state index contributed by atoms with van der Waals surface area (Å²) in [5, 5.41) is 11.4. The minimum absolute atomic E-state index is 0.0922. The van der Waals surface area contributed by atoms with Gasteiger partial charge >= 0.3 is 6.09 Å². The molecule has 1 aliphatic heterocycles. The Morgan fingerprint density at radius 2 is 2.19 bits per heavy atom. The van der Waals surface area contributed by atoms with Gasteiger partial charge in [0.05, 0.1) is 6.54 Å². The molecule has 1 saturated heterocycles. The molecule has 1 aromatic carbocycles. The average molecular weight is 363 g/mol. The van der Waals surface area contributed by atoms with Crippen molar-refractivity contribution in [1.29, 1.82) is 0 Å². The predicted molar refractivity (Wildman–Crippen MR) is 74.0 cm³/mol. The van der Waals surface area contributed by atoms with E-state index in [0.717, 1.165) is 4.90 Å². The summed E-state index contributed by atoms with van der Waals surface area (Å²) in [6.07, 6.45) is -2.89. The Hall–Kier alpha value is -1.70. The summed E-state index contributed by atoms with van der Waals surface area (Å²) >= 11 is 3.19. The second kappa shape index (κ2) is 6.38. The van der Waals surface area contributed by atoms with Gasteiger partial charge in [0.1, 0.15) is 18.0 Å². The van der Waals surface area contributed by atoms with Crippen LogP contribution in [0.3, 0.4) is 0 Å². The molecule has 1 heterocycles. The molecule has 0 spiro atoms. The third-order valence-electron chi connectivity index (χ3n) is 3.26. The Labute approximate surface area is 128 Å². The standard InChI is InChI=1S/C13H13BrF2N2O3/c14-8-1-2-10(16)7(3-8)5-17-12(19)11-4-9(15)6-18(11)13(20)21/h1-3,9,11H,4-6H2,(H,17,19)(H,20,21)/t9-,11+/m1/s1. The molecule has 21 heavy (non-hydrogen) atoms. The van der Waals surface area contributed by atoms with Crippen LogP contribution in [-0.4, -0.2) is 40.8 Å². The molecule has 8 heteroatoms. The first-order valence-corrected chi connectivity index (χ1v) is 7.03. The van der Waals surface area contributed by atoms with Gasteiger partial charge < -0.3 is 10.4 Å². The summed E-state index contributed by atoms with van der Waals surface area (Å²) in [5.41, 5.74) is 0.259. The summed E-state index contributed by atoms with van der Waals surface area (Å²) in [6.45, 7) is -0.413. The van der Waals surface area contributed by atoms with E-state index in [4.69, 9.17) is 5.11 Å². The summed E-state index contributed by atoms with van der Waals surface area (Å²) in [4.78, 5) is 23.7. The lowest BCUT2D eigenvalue weighted by atomic mass is 10.1. The SMILES string of the molecule is O=C(NCc1cc(Br)ccc1F)[C@@H]1C[C@@H](F)CN1C(=O)O. The zero-order chi connectivity index (χ0) is 15.6. The highest BCUT2D eigenvalue weighted by Gasteiger charge is 2.39. The number of hydrogen-bond donors (Lipinski definition) is 2. The molecule has 5 nitrogen and oxygen atoms in total. The molecule has 114 valence electrons. The molecule has 2 rings (SSSR count). The Balaban J connectivity index is 2.01. The zero-order valence-electron chi connectivity index (χ0n) is 10.9. The molecular formula is C13H13BrF2N2O3. The van der Waals surface area contributed by atoms with Gasteiger partial charge in [-0.1, -0.05) is 15.9 Å². The van der Waals surface area contributed by atoms with Crippen molar-refractivity contribution in [2.75, 3.05) is 6.54 Å². The van der Waals surface area contributed by atoms with Crippen molar-refractivity contribution >= 4 is 27.9 Å². The molecule has 2 amide bonds. The maximum absolute atomic E-state index is 13.5. The maximum Gasteiger partial charge on any atom is 0.408 e. The van der Waals surface area contributed by atoms with Crippen LogP contribution in [0.5, 0.6) is 0 Å². The number of benzene rings is 1. The molecule has 0 unspecified atom stereocenters. The molecule has 0 bridgehead atoms. The number of nitrogens with one attached hydrogen (secondary N) is 1. The quantitative estimate of drug-likeness (QED) is 0.866. The van der Waals surface area contributed by atoms with Crippen LogP contribution < -0.4 is 5.32 Å². The normalized spacial score (nSPS) is 21.4. The monoisotopic (exact) mass is 362 g/mol. The average Bonchev–Trinajstić information content (AvgIpc) is 2.82. The maximum atomic E-state index is 13.5. The molecule has 0 saturated carbocycles. The number of amides is 2. The lowest BCUT2D eigenvalue weighted by molar-refractivity contribution is -0.125. The Kier molecular flexibility index (Phi) is 4.76. The van der Waals surface area contributed by atoms with Gasteiger partial charge in [-0.05, 0) is 18.2 Å². The van der Waals surface area contributed by atoms with Gasteiger partial charge in [0.25, 0.3) is 0 Å². The Morgan fingerprint density at radius 1 is 1.48 bits per heavy atom. The van der Waals surface area contributed by atoms with E-state index in [1.807, 2.05) is 0 Å². The summed E-state index contributed by atoms with van der Waals surface area (Å²) in [7, 11) is 0. The van der Waals surface area contributed by atoms with Crippen LogP contribution in [0.15, 0.2) is 22.7 Å². The summed E-state index contributed by atoms with van der Waals surface area (Å²) < 4.78 is 27.5. The van der Waals surface area contributed by atoms with E-state index >= 15 is 0 Å². The highest BCUT2D eigenvalue weighted by Crippen LogP contribution is 2.21. The molecule has 0 aliphatic carbocycles. The van der Waals surface area contributed by atoms with E-state index in [1.165, 1.54) is 18.2 Å². The first-order chi connectivity index (χ1) is 9.88. The van der Waals surface area contributed by atoms with Gasteiger partial charge in [-0.25, -0.2) is 13.6 Å². The minimum Gasteiger partial charge on any atom is -0.465 e. The van der Waals surface area contributed by atoms with Crippen molar-refractivity contribution in [3.05, 3.63) is 34.1 Å². The van der Waals surface area contributed by atoms with Gasteiger partial charge in [0.2, 0.25) is 5.91 Å². The van der Waals surface area contributed by atoms with E-state index in [0.29, 0.717) is 4.47 Å². The second-order valence-electron chi connectivity index (χ2n) is 4.74. The number of likely N-dealkylation sites (tertiary alicyclic amines) is 1. The summed E-state index contributed by atoms with van der Waals surface area (Å²) in [5.74, 6) is -1.11. The molecule has 2 atom stereocenters. The minimum atomic E-state index is -1.36. The lowest BCUT2D eigenvalue weighted by Gasteiger charge is -2.20. The molecular weight excluding hydrogens is 350 g/mol. The third kappa shape index (κ3) is 3.69. The van der Waals surface area contributed by atoms with Gasteiger partial charge in [-0.3, -0.25) is 9.69 Å². The topological polar surface area (TPSA) is 69.6 Å². The van der Waals surface area contributed by atoms with E-state index in [1.54, 1.807) is 0 Å². The van der Waals surface area contributed by atoms with Crippen LogP contribution in [0.4, 0.5) is 13.6 Å². The van der Waals surface area contributed by atoms with Crippen molar-refractivity contribution in [3.8, 4) is 0 Å². The van der Waals surface area contributed by atoms with Crippen LogP contribution in [0.2, 0.25) is 0 Å². The predicted octanol–water partition coefficient (Wildman–Crippen LogP) is 2.29. The summed E-state index contributed by atoms with van der Waals surface area (Å²) in [6, 6.07) is 3.21. The fraction of sp³-hybridized carbons (Fsp3) is 0.385. The molecule has 2 N–H and O–H groups in total. The lowest BCUT2D eigenvalue weighted by Crippen LogP contribution is -2.45. The van der Waals surface area contributed by atoms with Crippen LogP contribution in [-0.2, 0) is 11.3 Å². The highest BCUT2D eigenvalue weighted by molar-refractivity contribution is 9.10. The number of alkyl halides is 1. The zero-order valence-corrected chi connectivity index (χ0v) is 12.4. The van der Waals surface area contributed by atoms with Gasteiger partial charge in [-0.15, -0.1) is 0 Å². The van der Waals surface area contributed by atoms with Crippen molar-refractivity contribution in [1.82, 2.24) is 10.2 Å². The van der Waals surface area contributed by atoms with Crippen molar-refractivity contribution < 1.29 is 23.5 Å².